The van der Waals surface area contributed by atoms with Gasteiger partial charge in [-0.25, -0.2) is 9.45 Å². The van der Waals surface area contributed by atoms with E-state index in [0.717, 1.165) is 0 Å². The van der Waals surface area contributed by atoms with Gasteiger partial charge in [0.15, 0.2) is 5.69 Å². The van der Waals surface area contributed by atoms with Crippen LogP contribution in [0.2, 0.25) is 0 Å². The largest absolute Gasteiger partial charge is 0.612 e. The number of pyridine rings is 1. The van der Waals surface area contributed by atoms with Gasteiger partial charge in [0.2, 0.25) is 0 Å². The summed E-state index contributed by atoms with van der Waals surface area (Å²) < 4.78 is 29.1. The fourth-order valence-corrected chi connectivity index (χ4v) is 3.44. The Morgan fingerprint density at radius 1 is 1.04 bits per heavy atom. The average Bonchev–Trinajstić information content (AvgIpc) is 2.60. The van der Waals surface area contributed by atoms with Gasteiger partial charge in [-0.1, -0.05) is 18.2 Å². The summed E-state index contributed by atoms with van der Waals surface area (Å²) in [7, 11) is -2.66. The van der Waals surface area contributed by atoms with Crippen molar-refractivity contribution < 1.29 is 17.6 Å². The van der Waals surface area contributed by atoms with Crippen LogP contribution in [0.3, 0.4) is 0 Å². The Hall–Kier alpha value is -2.48. The molecule has 1 N–H and O–H groups in total. The molecule has 3 aromatic rings. The number of hydrogen-bond acceptors (Lipinski definition) is 5. The Labute approximate surface area is 133 Å². The molecule has 7 heteroatoms. The zero-order chi connectivity index (χ0) is 16.4. The predicted molar refractivity (Wildman–Crippen MR) is 85.9 cm³/mol. The molecular formula is C16H14N2O4S. The van der Waals surface area contributed by atoms with Crippen molar-refractivity contribution in [3.8, 4) is 5.75 Å². The van der Waals surface area contributed by atoms with Crippen molar-refractivity contribution in [2.45, 2.75) is 4.90 Å². The molecule has 0 saturated heterocycles. The van der Waals surface area contributed by atoms with Crippen LogP contribution in [-0.2, 0) is 10.0 Å². The quantitative estimate of drug-likeness (QED) is 0.735. The van der Waals surface area contributed by atoms with Crippen molar-refractivity contribution in [3.05, 3.63) is 66.0 Å². The minimum absolute atomic E-state index is 0.0684. The number of methoxy groups -OCH3 is 1. The normalized spacial score (nSPS) is 13.0. The van der Waals surface area contributed by atoms with E-state index in [0.29, 0.717) is 16.7 Å². The predicted octanol–water partition coefficient (Wildman–Crippen LogP) is 1.65. The molecule has 1 unspecified atom stereocenters. The molecule has 0 saturated carbocycles. The zero-order valence-electron chi connectivity index (χ0n) is 12.3. The first-order chi connectivity index (χ1) is 11.0. The van der Waals surface area contributed by atoms with Crippen molar-refractivity contribution in [1.29, 1.82) is 0 Å². The summed E-state index contributed by atoms with van der Waals surface area (Å²) in [5, 5.41) is 13.3. The minimum atomic E-state index is -4.14. The molecule has 0 amide bonds. The molecule has 0 bridgehead atoms. The number of para-hydroxylation sites is 1. The van der Waals surface area contributed by atoms with Crippen LogP contribution in [0.4, 0.5) is 5.69 Å². The maximum Gasteiger partial charge on any atom is 0.330 e. The third-order valence-corrected chi connectivity index (χ3v) is 5.07. The number of quaternary nitrogens is 1. The molecule has 0 aliphatic heterocycles. The van der Waals surface area contributed by atoms with E-state index in [2.05, 4.69) is 4.98 Å². The molecule has 1 atom stereocenters. The van der Waals surface area contributed by atoms with Gasteiger partial charge in [0.25, 0.3) is 0 Å². The smallest absolute Gasteiger partial charge is 0.330 e. The van der Waals surface area contributed by atoms with Crippen LogP contribution in [0.15, 0.2) is 65.7 Å². The summed E-state index contributed by atoms with van der Waals surface area (Å²) >= 11 is 0. The summed E-state index contributed by atoms with van der Waals surface area (Å²) in [5.41, 5.74) is 0.441. The van der Waals surface area contributed by atoms with Gasteiger partial charge >= 0.3 is 10.0 Å². The van der Waals surface area contributed by atoms with E-state index in [1.54, 1.807) is 24.3 Å². The third kappa shape index (κ3) is 2.77. The van der Waals surface area contributed by atoms with E-state index in [9.17, 15) is 13.6 Å². The van der Waals surface area contributed by atoms with Gasteiger partial charge in [-0.05, 0) is 30.3 Å². The molecule has 2 aromatic carbocycles. The van der Waals surface area contributed by atoms with Crippen LogP contribution in [0.25, 0.3) is 10.9 Å². The van der Waals surface area contributed by atoms with Crippen molar-refractivity contribution in [2.75, 3.05) is 7.11 Å². The number of aromatic nitrogens is 1. The average molecular weight is 330 g/mol. The second-order valence-electron chi connectivity index (χ2n) is 4.85. The number of fused-ring (bicyclic) bond motifs is 1. The number of nitrogens with zero attached hydrogens (tertiary/aromatic N) is 1. The maximum atomic E-state index is 12.6. The molecule has 0 aliphatic rings. The first kappa shape index (κ1) is 15.4. The molecule has 1 aromatic heterocycles. The Morgan fingerprint density at radius 2 is 1.74 bits per heavy atom. The Kier molecular flexibility index (Phi) is 3.99. The van der Waals surface area contributed by atoms with Gasteiger partial charge in [0, 0.05) is 17.6 Å². The van der Waals surface area contributed by atoms with Gasteiger partial charge in [-0.2, -0.15) is 8.42 Å². The molecule has 0 radical (unpaired) electrons. The molecule has 6 nitrogen and oxygen atoms in total. The molecule has 3 rings (SSSR count). The lowest BCUT2D eigenvalue weighted by Crippen LogP contribution is -3.04. The summed E-state index contributed by atoms with van der Waals surface area (Å²) in [6.45, 7) is 0. The Bertz CT molecular complexity index is 934. The van der Waals surface area contributed by atoms with Crippen LogP contribution in [0, 0.1) is 5.21 Å². The summed E-state index contributed by atoms with van der Waals surface area (Å²) in [6, 6.07) is 14.1. The van der Waals surface area contributed by atoms with Crippen LogP contribution < -0.4 is 9.21 Å². The molecule has 0 aliphatic carbocycles. The number of benzene rings is 2. The van der Waals surface area contributed by atoms with Crippen molar-refractivity contribution >= 4 is 26.6 Å². The highest BCUT2D eigenvalue weighted by molar-refractivity contribution is 7.85. The topological polar surface area (TPSA) is 83.8 Å². The lowest BCUT2D eigenvalue weighted by molar-refractivity contribution is -0.623. The SMILES string of the molecule is COc1ccc(S(=O)(=O)[NH+]([O-])c2cccc3cccnc23)cc1. The van der Waals surface area contributed by atoms with Crippen molar-refractivity contribution in [3.63, 3.8) is 0 Å². The van der Waals surface area contributed by atoms with E-state index in [-0.39, 0.29) is 10.6 Å². The van der Waals surface area contributed by atoms with Crippen LogP contribution in [0.1, 0.15) is 0 Å². The van der Waals surface area contributed by atoms with Crippen molar-refractivity contribution in [1.82, 2.24) is 4.98 Å². The van der Waals surface area contributed by atoms with Gasteiger partial charge in [0.1, 0.15) is 16.2 Å². The first-order valence-electron chi connectivity index (χ1n) is 6.81. The van der Waals surface area contributed by atoms with Crippen LogP contribution in [-0.4, -0.2) is 20.5 Å². The summed E-state index contributed by atoms with van der Waals surface area (Å²) in [5.74, 6) is 0.517. The lowest BCUT2D eigenvalue weighted by Gasteiger charge is -2.21. The second kappa shape index (κ2) is 5.96. The Morgan fingerprint density at radius 3 is 2.43 bits per heavy atom. The van der Waals surface area contributed by atoms with Gasteiger partial charge in [0.05, 0.1) is 7.11 Å². The Balaban J connectivity index is 2.08. The molecule has 0 spiro atoms. The van der Waals surface area contributed by atoms with E-state index >= 15 is 0 Å². The summed E-state index contributed by atoms with van der Waals surface area (Å²) in [6.07, 6.45) is 1.53. The maximum absolute atomic E-state index is 12.6. The number of nitrogens with one attached hydrogen (secondary N) is 1. The highest BCUT2D eigenvalue weighted by atomic mass is 32.2. The number of rotatable bonds is 4. The standard InChI is InChI=1S/C16H14N2O4S/c1-22-13-7-9-14(10-8-13)23(20,21)18(19)15-6-2-4-12-5-3-11-17-16(12)15/h2-11,18H,1H3. The molecule has 1 heterocycles. The molecular weight excluding hydrogens is 316 g/mol. The van der Waals surface area contributed by atoms with E-state index in [4.69, 9.17) is 4.74 Å². The number of sulfonamides is 1. The second-order valence-corrected chi connectivity index (χ2v) is 6.70. The zero-order valence-corrected chi connectivity index (χ0v) is 13.1. The summed E-state index contributed by atoms with van der Waals surface area (Å²) in [4.78, 5) is 4.06. The number of ether oxygens (including phenoxy) is 1. The molecule has 0 fully saturated rings. The lowest BCUT2D eigenvalue weighted by atomic mass is 10.2. The van der Waals surface area contributed by atoms with E-state index in [1.165, 1.54) is 43.6 Å². The van der Waals surface area contributed by atoms with Gasteiger partial charge in [-0.15, -0.1) is 0 Å². The first-order valence-corrected chi connectivity index (χ1v) is 8.29. The highest BCUT2D eigenvalue weighted by Gasteiger charge is 2.25. The van der Waals surface area contributed by atoms with Crippen molar-refractivity contribution in [2.24, 2.45) is 0 Å². The highest BCUT2D eigenvalue weighted by Crippen LogP contribution is 2.20. The van der Waals surface area contributed by atoms with E-state index in [1.807, 2.05) is 0 Å². The fraction of sp³-hybridized carbons (Fsp3) is 0.0625. The number of hydrogen-bond donors (Lipinski definition) is 1. The molecule has 118 valence electrons. The molecule has 23 heavy (non-hydrogen) atoms. The third-order valence-electron chi connectivity index (χ3n) is 3.47. The monoisotopic (exact) mass is 330 g/mol. The van der Waals surface area contributed by atoms with Gasteiger partial charge in [-0.3, -0.25) is 0 Å². The van der Waals surface area contributed by atoms with Gasteiger partial charge < -0.3 is 9.94 Å². The van der Waals surface area contributed by atoms with Crippen LogP contribution >= 0.6 is 0 Å². The minimum Gasteiger partial charge on any atom is -0.612 e. The fourth-order valence-electron chi connectivity index (χ4n) is 2.28. The van der Waals surface area contributed by atoms with E-state index < -0.39 is 14.5 Å². The van der Waals surface area contributed by atoms with Crippen LogP contribution in [0.5, 0.6) is 5.75 Å².